The lowest BCUT2D eigenvalue weighted by Crippen LogP contribution is -2.31. The highest BCUT2D eigenvalue weighted by Gasteiger charge is 2.23. The van der Waals surface area contributed by atoms with Crippen molar-refractivity contribution in [2.75, 3.05) is 12.9 Å². The van der Waals surface area contributed by atoms with Crippen molar-refractivity contribution >= 4 is 11.2 Å². The summed E-state index contributed by atoms with van der Waals surface area (Å²) in [6.07, 6.45) is 0. The summed E-state index contributed by atoms with van der Waals surface area (Å²) in [6.45, 7) is 0.919. The molecule has 0 amide bonds. The molecular formula is C9H11NOS. The van der Waals surface area contributed by atoms with Crippen LogP contribution in [0.3, 0.4) is 0 Å². The van der Waals surface area contributed by atoms with Crippen molar-refractivity contribution in [3.63, 3.8) is 0 Å². The maximum atomic E-state index is 11.6. The lowest BCUT2D eigenvalue weighted by molar-refractivity contribution is 0.360. The first kappa shape index (κ1) is 8.10. The molecule has 1 atom stereocenters. The molecule has 1 aromatic carbocycles. The van der Waals surface area contributed by atoms with Crippen LogP contribution in [0, 0.1) is 0 Å². The molecule has 1 heterocycles. The van der Waals surface area contributed by atoms with Crippen molar-refractivity contribution in [3.8, 4) is 0 Å². The van der Waals surface area contributed by atoms with E-state index in [9.17, 15) is 4.55 Å². The number of hydrogen-bond donors (Lipinski definition) is 0. The third-order valence-corrected chi connectivity index (χ3v) is 3.56. The molecule has 0 bridgehead atoms. The first-order valence-corrected chi connectivity index (χ1v) is 5.24. The van der Waals surface area contributed by atoms with Gasteiger partial charge in [-0.05, 0) is 13.1 Å². The molecule has 2 rings (SSSR count). The lowest BCUT2D eigenvalue weighted by Gasteiger charge is -2.26. The van der Waals surface area contributed by atoms with Crippen LogP contribution in [-0.2, 0) is 17.7 Å². The first-order valence-electron chi connectivity index (χ1n) is 3.92. The summed E-state index contributed by atoms with van der Waals surface area (Å²) in [6, 6.07) is 7.94. The van der Waals surface area contributed by atoms with Crippen molar-refractivity contribution < 1.29 is 4.55 Å². The van der Waals surface area contributed by atoms with E-state index >= 15 is 0 Å². The van der Waals surface area contributed by atoms with Gasteiger partial charge in [0.05, 0.1) is 0 Å². The SMILES string of the molecule is CN1Cc2ccccc2[S+]([O-])C1. The van der Waals surface area contributed by atoms with Gasteiger partial charge in [0, 0.05) is 23.3 Å². The quantitative estimate of drug-likeness (QED) is 0.562. The standard InChI is InChI=1S/C9H11NOS/c1-10-6-8-4-2-3-5-9(8)12(11)7-10/h2-5H,6-7H2,1H3. The summed E-state index contributed by atoms with van der Waals surface area (Å²) in [5, 5.41) is 0. The predicted molar refractivity (Wildman–Crippen MR) is 49.2 cm³/mol. The van der Waals surface area contributed by atoms with Gasteiger partial charge in [0.2, 0.25) is 0 Å². The van der Waals surface area contributed by atoms with Crippen LogP contribution in [0.1, 0.15) is 5.56 Å². The summed E-state index contributed by atoms with van der Waals surface area (Å²) in [5.74, 6) is 0.664. The van der Waals surface area contributed by atoms with E-state index in [1.807, 2.05) is 31.3 Å². The third-order valence-electron chi connectivity index (χ3n) is 2.00. The van der Waals surface area contributed by atoms with E-state index in [4.69, 9.17) is 0 Å². The Morgan fingerprint density at radius 2 is 2.17 bits per heavy atom. The summed E-state index contributed by atoms with van der Waals surface area (Å²) in [5.41, 5.74) is 1.20. The molecule has 0 saturated heterocycles. The Balaban J connectivity index is 2.40. The second-order valence-corrected chi connectivity index (χ2v) is 4.49. The van der Waals surface area contributed by atoms with E-state index in [2.05, 4.69) is 4.90 Å². The van der Waals surface area contributed by atoms with Gasteiger partial charge in [0.25, 0.3) is 0 Å². The van der Waals surface area contributed by atoms with E-state index in [1.54, 1.807) is 0 Å². The van der Waals surface area contributed by atoms with E-state index in [-0.39, 0.29) is 0 Å². The van der Waals surface area contributed by atoms with Crippen molar-refractivity contribution in [1.29, 1.82) is 0 Å². The Hall–Kier alpha value is -0.510. The molecule has 1 unspecified atom stereocenters. The Morgan fingerprint density at radius 3 is 3.00 bits per heavy atom. The van der Waals surface area contributed by atoms with Crippen molar-refractivity contribution in [2.45, 2.75) is 11.4 Å². The fraction of sp³-hybridized carbons (Fsp3) is 0.333. The smallest absolute Gasteiger partial charge is 0.165 e. The van der Waals surface area contributed by atoms with Gasteiger partial charge in [-0.2, -0.15) is 0 Å². The molecule has 2 nitrogen and oxygen atoms in total. The van der Waals surface area contributed by atoms with Crippen molar-refractivity contribution in [1.82, 2.24) is 4.90 Å². The second kappa shape index (κ2) is 3.09. The van der Waals surface area contributed by atoms with Gasteiger partial charge >= 0.3 is 0 Å². The third kappa shape index (κ3) is 1.35. The van der Waals surface area contributed by atoms with Crippen molar-refractivity contribution in [2.24, 2.45) is 0 Å². The molecule has 3 heteroatoms. The van der Waals surface area contributed by atoms with Gasteiger partial charge in [-0.25, -0.2) is 0 Å². The average molecular weight is 181 g/mol. The fourth-order valence-electron chi connectivity index (χ4n) is 1.46. The fourth-order valence-corrected chi connectivity index (χ4v) is 2.75. The van der Waals surface area contributed by atoms with Gasteiger partial charge in [0.15, 0.2) is 10.8 Å². The number of fused-ring (bicyclic) bond motifs is 1. The predicted octanol–water partition coefficient (Wildman–Crippen LogP) is 1.20. The van der Waals surface area contributed by atoms with Crippen LogP contribution in [0.4, 0.5) is 0 Å². The number of nitrogens with zero attached hydrogens (tertiary/aromatic N) is 1. The maximum absolute atomic E-state index is 11.6. The lowest BCUT2D eigenvalue weighted by atomic mass is 10.2. The molecule has 1 aromatic rings. The minimum Gasteiger partial charge on any atom is -0.610 e. The minimum atomic E-state index is -0.819. The molecule has 64 valence electrons. The first-order chi connectivity index (χ1) is 5.77. The summed E-state index contributed by atoms with van der Waals surface area (Å²) in [7, 11) is 1.99. The summed E-state index contributed by atoms with van der Waals surface area (Å²) >= 11 is -0.819. The molecule has 12 heavy (non-hydrogen) atoms. The molecule has 1 aliphatic rings. The Labute approximate surface area is 75.4 Å². The number of benzene rings is 1. The molecular weight excluding hydrogens is 170 g/mol. The Kier molecular flexibility index (Phi) is 2.09. The summed E-state index contributed by atoms with van der Waals surface area (Å²) in [4.78, 5) is 3.09. The molecule has 0 spiro atoms. The molecule has 0 aliphatic carbocycles. The van der Waals surface area contributed by atoms with E-state index in [0.717, 1.165) is 11.4 Å². The van der Waals surface area contributed by atoms with E-state index < -0.39 is 11.2 Å². The monoisotopic (exact) mass is 181 g/mol. The van der Waals surface area contributed by atoms with Crippen LogP contribution in [-0.4, -0.2) is 22.4 Å². The van der Waals surface area contributed by atoms with Crippen LogP contribution >= 0.6 is 0 Å². The van der Waals surface area contributed by atoms with Crippen LogP contribution in [0.25, 0.3) is 0 Å². The van der Waals surface area contributed by atoms with Crippen molar-refractivity contribution in [3.05, 3.63) is 29.8 Å². The van der Waals surface area contributed by atoms with Gasteiger partial charge in [-0.15, -0.1) is 0 Å². The normalized spacial score (nSPS) is 23.7. The highest BCUT2D eigenvalue weighted by molar-refractivity contribution is 7.91. The molecule has 0 N–H and O–H groups in total. The van der Waals surface area contributed by atoms with Gasteiger partial charge in [-0.1, -0.05) is 18.2 Å². The van der Waals surface area contributed by atoms with Crippen LogP contribution in [0.15, 0.2) is 29.2 Å². The molecule has 0 fully saturated rings. The zero-order valence-corrected chi connectivity index (χ0v) is 7.80. The second-order valence-electron chi connectivity index (χ2n) is 3.10. The topological polar surface area (TPSA) is 26.3 Å². The largest absolute Gasteiger partial charge is 0.610 e. The highest BCUT2D eigenvalue weighted by Crippen LogP contribution is 2.23. The Morgan fingerprint density at radius 1 is 1.42 bits per heavy atom. The zero-order chi connectivity index (χ0) is 8.55. The van der Waals surface area contributed by atoms with Gasteiger partial charge in [-0.3, -0.25) is 4.90 Å². The maximum Gasteiger partial charge on any atom is 0.165 e. The van der Waals surface area contributed by atoms with Gasteiger partial charge < -0.3 is 4.55 Å². The van der Waals surface area contributed by atoms with Gasteiger partial charge in [0.1, 0.15) is 0 Å². The molecule has 0 radical (unpaired) electrons. The molecule has 1 aliphatic heterocycles. The average Bonchev–Trinajstić information content (AvgIpc) is 2.04. The van der Waals surface area contributed by atoms with Crippen LogP contribution in [0.2, 0.25) is 0 Å². The number of rotatable bonds is 0. The van der Waals surface area contributed by atoms with E-state index in [0.29, 0.717) is 5.88 Å². The molecule has 0 saturated carbocycles. The number of hydrogen-bond acceptors (Lipinski definition) is 2. The zero-order valence-electron chi connectivity index (χ0n) is 6.99. The highest BCUT2D eigenvalue weighted by atomic mass is 32.2. The van der Waals surface area contributed by atoms with Crippen LogP contribution < -0.4 is 0 Å². The van der Waals surface area contributed by atoms with Crippen LogP contribution in [0.5, 0.6) is 0 Å². The molecule has 0 aromatic heterocycles. The summed E-state index contributed by atoms with van der Waals surface area (Å²) < 4.78 is 11.6. The Bertz CT molecular complexity index is 290. The minimum absolute atomic E-state index is 0.664. The van der Waals surface area contributed by atoms with E-state index in [1.165, 1.54) is 5.56 Å².